The van der Waals surface area contributed by atoms with E-state index in [1.807, 2.05) is 18.3 Å². The monoisotopic (exact) mass is 539 g/mol. The molecule has 0 unspecified atom stereocenters. The van der Waals surface area contributed by atoms with Crippen LogP contribution in [-0.4, -0.2) is 43.3 Å². The summed E-state index contributed by atoms with van der Waals surface area (Å²) < 4.78 is 0. The van der Waals surface area contributed by atoms with Crippen LogP contribution in [0.25, 0.3) is 33.6 Å². The van der Waals surface area contributed by atoms with Crippen molar-refractivity contribution in [1.29, 1.82) is 0 Å². The van der Waals surface area contributed by atoms with Crippen LogP contribution in [0.2, 0.25) is 5.15 Å². The van der Waals surface area contributed by atoms with Crippen molar-refractivity contribution in [3.8, 4) is 59.3 Å². The van der Waals surface area contributed by atoms with Crippen molar-refractivity contribution in [2.45, 2.75) is 39.2 Å². The molecule has 39 heavy (non-hydrogen) atoms. The van der Waals surface area contributed by atoms with E-state index in [0.717, 1.165) is 52.5 Å². The molecule has 4 aromatic rings. The Morgan fingerprint density at radius 1 is 0.949 bits per heavy atom. The molecule has 1 aliphatic heterocycles. The Morgan fingerprint density at radius 3 is 1.97 bits per heavy atom. The third kappa shape index (κ3) is 7.41. The van der Waals surface area contributed by atoms with Crippen LogP contribution >= 0.6 is 11.6 Å². The number of H-pyrrole nitrogens is 2. The van der Waals surface area contributed by atoms with E-state index < -0.39 is 0 Å². The lowest BCUT2D eigenvalue weighted by molar-refractivity contribution is -0.131. The van der Waals surface area contributed by atoms with Crippen LogP contribution in [0.3, 0.4) is 0 Å². The average Bonchev–Trinajstić information content (AvgIpc) is 3.35. The van der Waals surface area contributed by atoms with E-state index in [4.69, 9.17) is 11.6 Å². The van der Waals surface area contributed by atoms with Crippen molar-refractivity contribution in [2.75, 3.05) is 6.54 Å². The van der Waals surface area contributed by atoms with Gasteiger partial charge in [-0.05, 0) is 41.4 Å². The first-order valence-corrected chi connectivity index (χ1v) is 13.2. The summed E-state index contributed by atoms with van der Waals surface area (Å²) in [5.41, 5.74) is 6.21. The maximum Gasteiger partial charge on any atom is 0.223 e. The molecule has 1 aliphatic carbocycles. The number of carbonyl (C=O) groups excluding carboxylic acids is 1. The van der Waals surface area contributed by atoms with Gasteiger partial charge < -0.3 is 14.9 Å². The van der Waals surface area contributed by atoms with Crippen LogP contribution in [0.15, 0.2) is 67.4 Å². The van der Waals surface area contributed by atoms with Crippen LogP contribution in [0.4, 0.5) is 0 Å². The molecule has 2 N–H and O–H groups in total. The Balaban J connectivity index is 0.000000221. The molecular weight excluding hydrogens is 506 g/mol. The number of nitrogens with zero attached hydrogens (tertiary/aromatic N) is 3. The van der Waals surface area contributed by atoms with Crippen LogP contribution in [0, 0.1) is 37.5 Å². The van der Waals surface area contributed by atoms with Crippen LogP contribution in [0.1, 0.15) is 33.1 Å². The number of likely N-dealkylation sites (tertiary alicyclic amines) is 1. The normalized spacial score (nSPS) is 16.5. The standard InChI is InChI=1S/C18H13ClN4.C10H17NO.2C2H2/c19-18-17(22-11-23-18)15-7-3-13(4-8-15)12-1-5-14(6-2-12)16-9-20-10-21-16;1-7(2)5-10(12)11-4-3-8-6-9(8)11;2*1-2/h1-11H,(H,20,21)(H,22,23);7-9H,3-6H2,1-2H3;2*1-2H/t;8-,9+;;/m.0../s1. The summed E-state index contributed by atoms with van der Waals surface area (Å²) in [6.07, 6.45) is 24.4. The highest BCUT2D eigenvalue weighted by atomic mass is 35.5. The van der Waals surface area contributed by atoms with Crippen LogP contribution < -0.4 is 0 Å². The minimum atomic E-state index is 0.384. The number of imidazole rings is 2. The van der Waals surface area contributed by atoms with Gasteiger partial charge in [-0.25, -0.2) is 9.97 Å². The molecular formula is C32H34ClN5O. The fourth-order valence-corrected chi connectivity index (χ4v) is 4.93. The number of benzene rings is 2. The van der Waals surface area contributed by atoms with Gasteiger partial charge in [-0.3, -0.25) is 4.79 Å². The molecule has 1 saturated heterocycles. The maximum atomic E-state index is 11.6. The number of fused-ring (bicyclic) bond motifs is 1. The van der Waals surface area contributed by atoms with Crippen molar-refractivity contribution in [3.05, 3.63) is 72.5 Å². The lowest BCUT2D eigenvalue weighted by Gasteiger charge is -2.18. The Labute approximate surface area is 236 Å². The maximum absolute atomic E-state index is 11.6. The quantitative estimate of drug-likeness (QED) is 0.270. The van der Waals surface area contributed by atoms with E-state index >= 15 is 0 Å². The number of aromatic amines is 2. The summed E-state index contributed by atoms with van der Waals surface area (Å²) in [6.45, 7) is 5.25. The number of piperidine rings is 1. The van der Waals surface area contributed by atoms with Crippen molar-refractivity contribution < 1.29 is 4.79 Å². The first kappa shape index (κ1) is 29.3. The molecule has 2 aromatic carbocycles. The van der Waals surface area contributed by atoms with Crippen molar-refractivity contribution in [2.24, 2.45) is 11.8 Å². The highest BCUT2D eigenvalue weighted by molar-refractivity contribution is 6.31. The zero-order valence-corrected chi connectivity index (χ0v) is 23.1. The van der Waals surface area contributed by atoms with Gasteiger partial charge in [-0.2, -0.15) is 0 Å². The first-order chi connectivity index (χ1) is 19.0. The molecule has 2 aromatic heterocycles. The molecule has 2 fully saturated rings. The van der Waals surface area contributed by atoms with Gasteiger partial charge in [0.05, 0.1) is 24.5 Å². The van der Waals surface area contributed by atoms with Crippen molar-refractivity contribution >= 4 is 17.5 Å². The molecule has 0 radical (unpaired) electrons. The van der Waals surface area contributed by atoms with Gasteiger partial charge in [0.25, 0.3) is 0 Å². The van der Waals surface area contributed by atoms with Gasteiger partial charge in [0, 0.05) is 24.6 Å². The highest BCUT2D eigenvalue weighted by Crippen LogP contribution is 2.44. The highest BCUT2D eigenvalue weighted by Gasteiger charge is 2.48. The molecule has 7 heteroatoms. The molecule has 2 atom stereocenters. The molecule has 3 heterocycles. The van der Waals surface area contributed by atoms with E-state index in [1.54, 1.807) is 12.7 Å². The number of hydrogen-bond donors (Lipinski definition) is 2. The molecule has 0 spiro atoms. The van der Waals surface area contributed by atoms with Gasteiger partial charge in [0.2, 0.25) is 5.91 Å². The molecule has 0 bridgehead atoms. The zero-order chi connectivity index (χ0) is 28.4. The third-order valence-electron chi connectivity index (χ3n) is 6.71. The molecule has 2 aliphatic rings. The minimum absolute atomic E-state index is 0.384. The summed E-state index contributed by atoms with van der Waals surface area (Å²) in [5, 5.41) is 0.557. The number of aromatic nitrogens is 4. The first-order valence-electron chi connectivity index (χ1n) is 12.8. The lowest BCUT2D eigenvalue weighted by Crippen LogP contribution is -2.31. The topological polar surface area (TPSA) is 77.7 Å². The Hall–Kier alpha value is -4.26. The number of halogens is 1. The van der Waals surface area contributed by atoms with Gasteiger partial charge in [0.1, 0.15) is 10.8 Å². The van der Waals surface area contributed by atoms with Crippen molar-refractivity contribution in [1.82, 2.24) is 24.8 Å². The fourth-order valence-electron chi connectivity index (χ4n) is 4.73. The largest absolute Gasteiger partial charge is 0.345 e. The number of rotatable bonds is 5. The van der Waals surface area contributed by atoms with Crippen LogP contribution in [-0.2, 0) is 4.79 Å². The molecule has 6 nitrogen and oxygen atoms in total. The van der Waals surface area contributed by atoms with Crippen molar-refractivity contribution in [3.63, 3.8) is 0 Å². The van der Waals surface area contributed by atoms with Gasteiger partial charge >= 0.3 is 0 Å². The number of carbonyl (C=O) groups is 1. The average molecular weight is 540 g/mol. The summed E-state index contributed by atoms with van der Waals surface area (Å²) in [6, 6.07) is 17.2. The van der Waals surface area contributed by atoms with E-state index in [1.165, 1.54) is 12.8 Å². The van der Waals surface area contributed by atoms with E-state index in [9.17, 15) is 4.79 Å². The van der Waals surface area contributed by atoms with Crippen LogP contribution in [0.5, 0.6) is 0 Å². The summed E-state index contributed by atoms with van der Waals surface area (Å²) in [5.74, 6) is 1.77. The Bertz CT molecular complexity index is 1350. The van der Waals surface area contributed by atoms with Gasteiger partial charge in [0.15, 0.2) is 0 Å². The van der Waals surface area contributed by atoms with E-state index in [-0.39, 0.29) is 0 Å². The number of amides is 1. The molecule has 1 saturated carbocycles. The fraction of sp³-hybridized carbons (Fsp3) is 0.281. The van der Waals surface area contributed by atoms with E-state index in [2.05, 4.69) is 101 Å². The Kier molecular flexibility index (Phi) is 10.6. The third-order valence-corrected chi connectivity index (χ3v) is 7.00. The summed E-state index contributed by atoms with van der Waals surface area (Å²) >= 11 is 6.07. The smallest absolute Gasteiger partial charge is 0.223 e. The minimum Gasteiger partial charge on any atom is -0.345 e. The number of terminal acetylenes is 2. The molecule has 6 rings (SSSR count). The number of nitrogens with one attached hydrogen (secondary N) is 2. The van der Waals surface area contributed by atoms with E-state index in [0.29, 0.717) is 23.0 Å². The zero-order valence-electron chi connectivity index (χ0n) is 22.3. The molecule has 200 valence electrons. The Morgan fingerprint density at radius 2 is 1.54 bits per heavy atom. The SMILES string of the molecule is C#C.C#C.CC(C)CC(=O)N1CC[C@H]2C[C@H]21.Clc1[nH]cnc1-c1ccc(-c2ccc(-c3cnc[nH]3)cc2)cc1. The van der Waals surface area contributed by atoms with Gasteiger partial charge in [-0.1, -0.05) is 74.0 Å². The predicted octanol–water partition coefficient (Wildman–Crippen LogP) is 6.94. The van der Waals surface area contributed by atoms with Gasteiger partial charge in [-0.15, -0.1) is 25.7 Å². The molecule has 1 amide bonds. The number of hydrogen-bond acceptors (Lipinski definition) is 3. The summed E-state index contributed by atoms with van der Waals surface area (Å²) in [4.78, 5) is 28.0. The second-order valence-electron chi connectivity index (χ2n) is 9.72. The predicted molar refractivity (Wildman–Crippen MR) is 160 cm³/mol. The second kappa shape index (κ2) is 14.0. The second-order valence-corrected chi connectivity index (χ2v) is 10.1. The lowest BCUT2D eigenvalue weighted by atomic mass is 10.0. The summed E-state index contributed by atoms with van der Waals surface area (Å²) in [7, 11) is 0.